The van der Waals surface area contributed by atoms with Crippen molar-refractivity contribution in [3.63, 3.8) is 0 Å². The number of nitrogens with one attached hydrogen (secondary N) is 2. The van der Waals surface area contributed by atoms with E-state index in [0.29, 0.717) is 11.6 Å². The van der Waals surface area contributed by atoms with Crippen molar-refractivity contribution < 1.29 is 19.5 Å². The third-order valence-electron chi connectivity index (χ3n) is 5.60. The molecule has 182 valence electrons. The lowest BCUT2D eigenvalue weighted by molar-refractivity contribution is -0.150. The number of rotatable bonds is 4. The lowest BCUT2D eigenvalue weighted by atomic mass is 10.1. The molecule has 1 aromatic heterocycles. The number of aromatic hydroxyl groups is 1. The molecule has 3 amide bonds. The normalized spacial score (nSPS) is 15.1. The number of nitrogens with zero attached hydrogens (tertiary/aromatic N) is 4. The highest BCUT2D eigenvalue weighted by atomic mass is 35.5. The number of aryl methyl sites for hydroxylation is 1. The first kappa shape index (κ1) is 25.2. The molecule has 0 fully saturated rings. The second-order valence-corrected chi connectivity index (χ2v) is 8.63. The van der Waals surface area contributed by atoms with Gasteiger partial charge in [0, 0.05) is 52.3 Å². The molecule has 1 aliphatic heterocycles. The van der Waals surface area contributed by atoms with Gasteiger partial charge < -0.3 is 25.5 Å². The van der Waals surface area contributed by atoms with Crippen molar-refractivity contribution in [1.29, 1.82) is 0 Å². The van der Waals surface area contributed by atoms with Gasteiger partial charge in [0.25, 0.3) is 11.5 Å². The predicted molar refractivity (Wildman–Crippen MR) is 125 cm³/mol. The third kappa shape index (κ3) is 5.05. The summed E-state index contributed by atoms with van der Waals surface area (Å²) in [4.78, 5) is 57.2. The Morgan fingerprint density at radius 3 is 2.62 bits per heavy atom. The van der Waals surface area contributed by atoms with Crippen molar-refractivity contribution in [3.8, 4) is 5.75 Å². The molecule has 34 heavy (non-hydrogen) atoms. The van der Waals surface area contributed by atoms with Crippen molar-refractivity contribution in [2.45, 2.75) is 26.1 Å². The number of carbonyl (C=O) groups is 3. The zero-order valence-electron chi connectivity index (χ0n) is 19.4. The van der Waals surface area contributed by atoms with Gasteiger partial charge in [-0.3, -0.25) is 23.7 Å². The van der Waals surface area contributed by atoms with Crippen LogP contribution in [0.15, 0.2) is 23.0 Å². The number of likely N-dealkylation sites (N-methyl/N-ethyl adjacent to an activating group) is 2. The van der Waals surface area contributed by atoms with Gasteiger partial charge in [-0.25, -0.2) is 4.98 Å². The van der Waals surface area contributed by atoms with E-state index in [2.05, 4.69) is 15.6 Å². The van der Waals surface area contributed by atoms with Crippen LogP contribution in [0.1, 0.15) is 33.5 Å². The van der Waals surface area contributed by atoms with Crippen LogP contribution in [-0.4, -0.2) is 76.4 Å². The van der Waals surface area contributed by atoms with Crippen LogP contribution in [0.3, 0.4) is 0 Å². The first-order valence-electron chi connectivity index (χ1n) is 10.6. The zero-order valence-corrected chi connectivity index (χ0v) is 20.1. The SMILES string of the molecule is Cc1ccc(CNC(=O)c2nc3n(c(=O)c2O)CCNC[C@@H]3N(C)C(=O)C(=O)N(C)C)cc1Cl. The minimum atomic E-state index is -0.824. The second-order valence-electron chi connectivity index (χ2n) is 8.23. The van der Waals surface area contributed by atoms with Gasteiger partial charge in [0.1, 0.15) is 11.9 Å². The van der Waals surface area contributed by atoms with E-state index >= 15 is 0 Å². The van der Waals surface area contributed by atoms with Gasteiger partial charge in [0.15, 0.2) is 5.69 Å². The monoisotopic (exact) mass is 490 g/mol. The summed E-state index contributed by atoms with van der Waals surface area (Å²) in [5.74, 6) is -2.99. The molecule has 0 radical (unpaired) electrons. The molecule has 1 atom stereocenters. The van der Waals surface area contributed by atoms with E-state index in [1.54, 1.807) is 12.1 Å². The lowest BCUT2D eigenvalue weighted by Gasteiger charge is -2.28. The van der Waals surface area contributed by atoms with Crippen LogP contribution in [0, 0.1) is 6.92 Å². The smallest absolute Gasteiger partial charge is 0.312 e. The van der Waals surface area contributed by atoms with Gasteiger partial charge in [0.2, 0.25) is 5.75 Å². The summed E-state index contributed by atoms with van der Waals surface area (Å²) >= 11 is 6.13. The van der Waals surface area contributed by atoms with Crippen molar-refractivity contribution in [2.24, 2.45) is 0 Å². The van der Waals surface area contributed by atoms with Crippen molar-refractivity contribution in [3.05, 3.63) is 56.2 Å². The van der Waals surface area contributed by atoms with E-state index in [1.165, 1.54) is 30.6 Å². The minimum absolute atomic E-state index is 0.0961. The summed E-state index contributed by atoms with van der Waals surface area (Å²) < 4.78 is 1.21. The Bertz CT molecular complexity index is 1200. The van der Waals surface area contributed by atoms with E-state index in [-0.39, 0.29) is 25.5 Å². The Morgan fingerprint density at radius 1 is 1.26 bits per heavy atom. The fourth-order valence-electron chi connectivity index (χ4n) is 3.52. The van der Waals surface area contributed by atoms with Gasteiger partial charge in [-0.05, 0) is 24.1 Å². The van der Waals surface area contributed by atoms with Crippen molar-refractivity contribution in [2.75, 3.05) is 34.2 Å². The number of carbonyl (C=O) groups excluding carboxylic acids is 3. The Balaban J connectivity index is 1.95. The van der Waals surface area contributed by atoms with E-state index in [9.17, 15) is 24.3 Å². The van der Waals surface area contributed by atoms with Gasteiger partial charge in [-0.15, -0.1) is 0 Å². The molecule has 3 N–H and O–H groups in total. The highest BCUT2D eigenvalue weighted by Crippen LogP contribution is 2.22. The summed E-state index contributed by atoms with van der Waals surface area (Å²) in [5, 5.41) is 16.7. The van der Waals surface area contributed by atoms with Crippen LogP contribution in [0.5, 0.6) is 5.75 Å². The number of amides is 3. The largest absolute Gasteiger partial charge is 0.501 e. The van der Waals surface area contributed by atoms with Crippen molar-refractivity contribution in [1.82, 2.24) is 30.0 Å². The summed E-state index contributed by atoms with van der Waals surface area (Å²) in [7, 11) is 4.33. The predicted octanol–water partition coefficient (Wildman–Crippen LogP) is 0.0316. The highest BCUT2D eigenvalue weighted by Gasteiger charge is 2.33. The van der Waals surface area contributed by atoms with Crippen LogP contribution in [-0.2, 0) is 22.7 Å². The Labute approximate surface area is 201 Å². The maximum absolute atomic E-state index is 12.9. The molecule has 0 spiro atoms. The molecular weight excluding hydrogens is 464 g/mol. The molecule has 1 aliphatic rings. The van der Waals surface area contributed by atoms with E-state index in [4.69, 9.17) is 11.6 Å². The molecule has 0 saturated carbocycles. The topological polar surface area (TPSA) is 137 Å². The maximum Gasteiger partial charge on any atom is 0.312 e. The Hall–Kier alpha value is -3.44. The maximum atomic E-state index is 12.9. The minimum Gasteiger partial charge on any atom is -0.501 e. The average Bonchev–Trinajstić information content (AvgIpc) is 3.02. The number of hydrogen-bond acceptors (Lipinski definition) is 7. The third-order valence-corrected chi connectivity index (χ3v) is 6.01. The van der Waals surface area contributed by atoms with Gasteiger partial charge >= 0.3 is 11.8 Å². The first-order chi connectivity index (χ1) is 16.0. The fraction of sp³-hybridized carbons (Fsp3) is 0.409. The van der Waals surface area contributed by atoms with E-state index < -0.39 is 40.8 Å². The first-order valence-corrected chi connectivity index (χ1v) is 11.0. The summed E-state index contributed by atoms with van der Waals surface area (Å²) in [6.07, 6.45) is 0. The molecule has 0 unspecified atom stereocenters. The summed E-state index contributed by atoms with van der Waals surface area (Å²) in [5.41, 5.74) is 0.355. The molecule has 12 heteroatoms. The molecule has 11 nitrogen and oxygen atoms in total. The van der Waals surface area contributed by atoms with Crippen LogP contribution < -0.4 is 16.2 Å². The van der Waals surface area contributed by atoms with Crippen LogP contribution >= 0.6 is 11.6 Å². The Kier molecular flexibility index (Phi) is 7.57. The molecule has 1 aromatic carbocycles. The number of benzene rings is 1. The van der Waals surface area contributed by atoms with Gasteiger partial charge in [0.05, 0.1) is 0 Å². The number of halogens is 1. The second kappa shape index (κ2) is 10.2. The standard InChI is InChI=1S/C22H27ClN6O5/c1-12-5-6-13(9-14(12)23)10-25-19(31)16-17(30)20(32)29-8-7-24-11-15(18(29)26-16)28(4)22(34)21(33)27(2)3/h5-6,9,15,24,30H,7-8,10-11H2,1-4H3,(H,25,31)/t15-/m0/s1. The van der Waals surface area contributed by atoms with Crippen LogP contribution in [0.4, 0.5) is 0 Å². The van der Waals surface area contributed by atoms with Crippen LogP contribution in [0.2, 0.25) is 5.02 Å². The number of fused-ring (bicyclic) bond motifs is 1. The summed E-state index contributed by atoms with van der Waals surface area (Å²) in [6, 6.07) is 4.49. The molecule has 2 aromatic rings. The molecule has 0 aliphatic carbocycles. The molecule has 0 bridgehead atoms. The highest BCUT2D eigenvalue weighted by molar-refractivity contribution is 6.34. The van der Waals surface area contributed by atoms with Gasteiger partial charge in [-0.1, -0.05) is 23.7 Å². The lowest BCUT2D eigenvalue weighted by Crippen LogP contribution is -2.45. The van der Waals surface area contributed by atoms with Crippen LogP contribution in [0.25, 0.3) is 0 Å². The molecule has 3 rings (SSSR count). The zero-order chi connectivity index (χ0) is 25.2. The fourth-order valence-corrected chi connectivity index (χ4v) is 3.72. The number of hydrogen-bond donors (Lipinski definition) is 3. The van der Waals surface area contributed by atoms with E-state index in [1.807, 2.05) is 13.0 Å². The quantitative estimate of drug-likeness (QED) is 0.514. The molecular formula is C22H27ClN6O5. The Morgan fingerprint density at radius 2 is 1.97 bits per heavy atom. The summed E-state index contributed by atoms with van der Waals surface area (Å²) in [6.45, 7) is 2.68. The number of aromatic nitrogens is 2. The van der Waals surface area contributed by atoms with Gasteiger partial charge in [-0.2, -0.15) is 0 Å². The average molecular weight is 491 g/mol. The molecule has 2 heterocycles. The molecule has 0 saturated heterocycles. The van der Waals surface area contributed by atoms with E-state index in [0.717, 1.165) is 16.0 Å². The van der Waals surface area contributed by atoms with Crippen molar-refractivity contribution >= 4 is 29.3 Å².